The van der Waals surface area contributed by atoms with Crippen molar-refractivity contribution in [3.8, 4) is 5.75 Å². The highest BCUT2D eigenvalue weighted by atomic mass is 32.2. The number of carbonyl (C=O) groups excluding carboxylic acids is 1. The lowest BCUT2D eigenvalue weighted by Gasteiger charge is -2.08. The molecule has 0 atom stereocenters. The van der Waals surface area contributed by atoms with Crippen molar-refractivity contribution in [2.45, 2.75) is 11.8 Å². The van der Waals surface area contributed by atoms with Crippen LogP contribution in [-0.4, -0.2) is 19.5 Å². The predicted octanol–water partition coefficient (Wildman–Crippen LogP) is 3.40. The van der Waals surface area contributed by atoms with Crippen molar-refractivity contribution >= 4 is 26.9 Å². The van der Waals surface area contributed by atoms with Crippen LogP contribution in [0.5, 0.6) is 5.75 Å². The van der Waals surface area contributed by atoms with E-state index in [4.69, 9.17) is 0 Å². The van der Waals surface area contributed by atoms with Crippen molar-refractivity contribution in [1.29, 1.82) is 0 Å². The predicted molar refractivity (Wildman–Crippen MR) is 89.4 cm³/mol. The molecule has 0 amide bonds. The molecule has 0 fully saturated rings. The number of fused-ring (bicyclic) bond motifs is 1. The zero-order chi connectivity index (χ0) is 17.3. The Labute approximate surface area is 139 Å². The maximum atomic E-state index is 12.2. The maximum Gasteiger partial charge on any atom is 0.357 e. The van der Waals surface area contributed by atoms with E-state index in [2.05, 4.69) is 4.18 Å². The summed E-state index contributed by atoms with van der Waals surface area (Å²) in [5, 5.41) is 11.4. The second kappa shape index (κ2) is 5.98. The average Bonchev–Trinajstić information content (AvgIpc) is 2.54. The molecular weight excluding hydrogens is 328 g/mol. The number of hydrogen-bond acceptors (Lipinski definition) is 5. The molecule has 6 heteroatoms. The van der Waals surface area contributed by atoms with E-state index in [1.807, 2.05) is 6.92 Å². The van der Waals surface area contributed by atoms with E-state index in [1.165, 1.54) is 24.3 Å². The molecule has 3 aromatic rings. The Hall–Kier alpha value is -2.86. The van der Waals surface area contributed by atoms with E-state index in [1.54, 1.807) is 36.4 Å². The van der Waals surface area contributed by atoms with E-state index < -0.39 is 16.1 Å². The quantitative estimate of drug-likeness (QED) is 0.738. The molecule has 0 saturated heterocycles. The molecule has 0 heterocycles. The minimum atomic E-state index is -4.26. The van der Waals surface area contributed by atoms with E-state index >= 15 is 0 Å². The largest absolute Gasteiger partial charge is 0.507 e. The van der Waals surface area contributed by atoms with Gasteiger partial charge in [0.15, 0.2) is 0 Å². The van der Waals surface area contributed by atoms with Gasteiger partial charge in [0, 0.05) is 0 Å². The smallest absolute Gasteiger partial charge is 0.357 e. The number of carbonyl (C=O) groups is 1. The Morgan fingerprint density at radius 2 is 1.54 bits per heavy atom. The minimum Gasteiger partial charge on any atom is -0.507 e. The molecule has 5 nitrogen and oxygen atoms in total. The molecule has 0 spiro atoms. The maximum absolute atomic E-state index is 12.2. The second-order valence-electron chi connectivity index (χ2n) is 5.35. The summed E-state index contributed by atoms with van der Waals surface area (Å²) in [4.78, 5) is 12.1. The molecule has 0 aliphatic heterocycles. The van der Waals surface area contributed by atoms with Crippen LogP contribution >= 0.6 is 0 Å². The zero-order valence-electron chi connectivity index (χ0n) is 12.8. The first-order valence-electron chi connectivity index (χ1n) is 7.14. The van der Waals surface area contributed by atoms with Gasteiger partial charge in [0.25, 0.3) is 0 Å². The standard InChI is InChI=1S/C18H14O5S/c1-12-6-8-15(9-7-12)24(21,22)23-18(20)16-10-13-4-2-3-5-14(13)11-17(16)19/h2-11,19H,1H3. The lowest BCUT2D eigenvalue weighted by Crippen LogP contribution is -2.13. The number of aryl methyl sites for hydroxylation is 1. The molecule has 0 aliphatic rings. The summed E-state index contributed by atoms with van der Waals surface area (Å²) in [6, 6.07) is 15.8. The van der Waals surface area contributed by atoms with Gasteiger partial charge < -0.3 is 9.29 Å². The molecule has 24 heavy (non-hydrogen) atoms. The Bertz CT molecular complexity index is 1020. The van der Waals surface area contributed by atoms with Crippen LogP contribution in [-0.2, 0) is 14.3 Å². The third-order valence-corrected chi connectivity index (χ3v) is 4.80. The van der Waals surface area contributed by atoms with Gasteiger partial charge in [-0.3, -0.25) is 0 Å². The minimum absolute atomic E-state index is 0.123. The lowest BCUT2D eigenvalue weighted by molar-refractivity contribution is 0.0744. The van der Waals surface area contributed by atoms with Crippen LogP contribution in [0, 0.1) is 6.92 Å². The topological polar surface area (TPSA) is 80.7 Å². The number of hydrogen-bond donors (Lipinski definition) is 1. The van der Waals surface area contributed by atoms with Crippen molar-refractivity contribution in [1.82, 2.24) is 0 Å². The summed E-state index contributed by atoms with van der Waals surface area (Å²) in [5.41, 5.74) is 0.678. The van der Waals surface area contributed by atoms with Crippen LogP contribution in [0.4, 0.5) is 0 Å². The Balaban J connectivity index is 1.94. The zero-order valence-corrected chi connectivity index (χ0v) is 13.6. The van der Waals surface area contributed by atoms with Crippen LogP contribution in [0.3, 0.4) is 0 Å². The molecule has 0 bridgehead atoms. The molecule has 0 aromatic heterocycles. The first kappa shape index (κ1) is 16.0. The van der Waals surface area contributed by atoms with Gasteiger partial charge >= 0.3 is 16.1 Å². The Morgan fingerprint density at radius 3 is 2.17 bits per heavy atom. The molecule has 3 rings (SSSR count). The van der Waals surface area contributed by atoms with Gasteiger partial charge in [-0.2, -0.15) is 8.42 Å². The van der Waals surface area contributed by atoms with Crippen molar-refractivity contribution in [2.75, 3.05) is 0 Å². The number of phenolic OH excluding ortho intramolecular Hbond substituents is 1. The summed E-state index contributed by atoms with van der Waals surface area (Å²) >= 11 is 0. The SMILES string of the molecule is Cc1ccc(S(=O)(=O)OC(=O)c2cc3ccccc3cc2O)cc1. The first-order chi connectivity index (χ1) is 11.4. The molecule has 0 aliphatic carbocycles. The van der Waals surface area contributed by atoms with Gasteiger partial charge in [0.05, 0.1) is 0 Å². The molecule has 0 saturated carbocycles. The third kappa shape index (κ3) is 3.09. The molecule has 0 unspecified atom stereocenters. The average molecular weight is 342 g/mol. The van der Waals surface area contributed by atoms with Crippen LogP contribution in [0.15, 0.2) is 65.6 Å². The van der Waals surface area contributed by atoms with Gasteiger partial charge in [-0.05, 0) is 42.0 Å². The monoisotopic (exact) mass is 342 g/mol. The van der Waals surface area contributed by atoms with Crippen LogP contribution in [0.2, 0.25) is 0 Å². The van der Waals surface area contributed by atoms with Gasteiger partial charge in [0.1, 0.15) is 16.2 Å². The molecular formula is C18H14O5S. The normalized spacial score (nSPS) is 11.4. The molecule has 0 radical (unpaired) electrons. The van der Waals surface area contributed by atoms with Crippen molar-refractivity contribution in [2.24, 2.45) is 0 Å². The number of benzene rings is 3. The molecule has 1 N–H and O–H groups in total. The molecule has 3 aromatic carbocycles. The van der Waals surface area contributed by atoms with Gasteiger partial charge in [-0.25, -0.2) is 4.79 Å². The van der Waals surface area contributed by atoms with E-state index in [-0.39, 0.29) is 16.2 Å². The Kier molecular flexibility index (Phi) is 3.99. The van der Waals surface area contributed by atoms with Crippen LogP contribution in [0.1, 0.15) is 15.9 Å². The fourth-order valence-electron chi connectivity index (χ4n) is 2.29. The van der Waals surface area contributed by atoms with E-state index in [0.29, 0.717) is 5.39 Å². The summed E-state index contributed by atoms with van der Waals surface area (Å²) in [6.45, 7) is 1.82. The van der Waals surface area contributed by atoms with Gasteiger partial charge in [-0.15, -0.1) is 0 Å². The highest BCUT2D eigenvalue weighted by Crippen LogP contribution is 2.26. The van der Waals surface area contributed by atoms with Crippen molar-refractivity contribution < 1.29 is 22.5 Å². The van der Waals surface area contributed by atoms with Crippen molar-refractivity contribution in [3.05, 3.63) is 71.8 Å². The highest BCUT2D eigenvalue weighted by Gasteiger charge is 2.23. The lowest BCUT2D eigenvalue weighted by atomic mass is 10.1. The fourth-order valence-corrected chi connectivity index (χ4v) is 3.14. The Morgan fingerprint density at radius 1 is 0.958 bits per heavy atom. The van der Waals surface area contributed by atoms with Gasteiger partial charge in [0.2, 0.25) is 0 Å². The first-order valence-corrected chi connectivity index (χ1v) is 8.55. The van der Waals surface area contributed by atoms with Crippen molar-refractivity contribution in [3.63, 3.8) is 0 Å². The third-order valence-electron chi connectivity index (χ3n) is 3.58. The number of phenols is 1. The van der Waals surface area contributed by atoms with E-state index in [0.717, 1.165) is 10.9 Å². The van der Waals surface area contributed by atoms with Crippen LogP contribution < -0.4 is 0 Å². The van der Waals surface area contributed by atoms with E-state index in [9.17, 15) is 18.3 Å². The highest BCUT2D eigenvalue weighted by molar-refractivity contribution is 7.87. The number of aromatic hydroxyl groups is 1. The molecule has 122 valence electrons. The summed E-state index contributed by atoms with van der Waals surface area (Å²) in [7, 11) is -4.26. The summed E-state index contributed by atoms with van der Waals surface area (Å²) in [6.07, 6.45) is 0. The summed E-state index contributed by atoms with van der Waals surface area (Å²) in [5.74, 6) is -1.46. The van der Waals surface area contributed by atoms with Gasteiger partial charge in [-0.1, -0.05) is 42.0 Å². The second-order valence-corrected chi connectivity index (χ2v) is 6.90. The number of rotatable bonds is 3. The van der Waals surface area contributed by atoms with Crippen LogP contribution in [0.25, 0.3) is 10.8 Å². The fraction of sp³-hybridized carbons (Fsp3) is 0.0556. The summed E-state index contributed by atoms with van der Waals surface area (Å²) < 4.78 is 29.0.